The molecule has 31 heavy (non-hydrogen) atoms. The molecule has 1 atom stereocenters. The standard InChI is InChI=1S/C23H21FN4O3/c1-14-25-12-17-20(26-14)11-23(2,27-21(17)29)18-10-16(8-9-19(18)24)28(22(30)31)13-15-6-4-3-5-7-15/h3-10,12H,11,13H2,1-2H3,(H,27,29)(H,30,31)/t23-/m0/s1. The molecule has 2 amide bonds. The number of nitrogens with one attached hydrogen (secondary N) is 1. The fraction of sp³-hybridized carbons (Fsp3) is 0.217. The van der Waals surface area contributed by atoms with Crippen molar-refractivity contribution in [1.29, 1.82) is 0 Å². The number of hydrogen-bond donors (Lipinski definition) is 2. The van der Waals surface area contributed by atoms with Gasteiger partial charge in [0.15, 0.2) is 0 Å². The second kappa shape index (κ2) is 7.79. The van der Waals surface area contributed by atoms with Crippen LogP contribution in [0.2, 0.25) is 0 Å². The number of nitrogens with zero attached hydrogens (tertiary/aromatic N) is 3. The summed E-state index contributed by atoms with van der Waals surface area (Å²) in [7, 11) is 0. The molecule has 0 fully saturated rings. The Bertz CT molecular complexity index is 1170. The van der Waals surface area contributed by atoms with Gasteiger partial charge in [0.1, 0.15) is 11.6 Å². The lowest BCUT2D eigenvalue weighted by Crippen LogP contribution is -2.50. The average Bonchev–Trinajstić information content (AvgIpc) is 2.72. The van der Waals surface area contributed by atoms with Crippen molar-refractivity contribution in [3.8, 4) is 0 Å². The van der Waals surface area contributed by atoms with E-state index in [0.717, 1.165) is 10.5 Å². The molecular formula is C23H21FN4O3. The molecule has 2 aromatic carbocycles. The topological polar surface area (TPSA) is 95.4 Å². The van der Waals surface area contributed by atoms with E-state index in [1.807, 2.05) is 30.3 Å². The molecule has 0 radical (unpaired) electrons. The first-order valence-electron chi connectivity index (χ1n) is 9.76. The molecule has 0 aliphatic carbocycles. The summed E-state index contributed by atoms with van der Waals surface area (Å²) >= 11 is 0. The number of carbonyl (C=O) groups is 2. The van der Waals surface area contributed by atoms with Gasteiger partial charge in [-0.05, 0) is 37.6 Å². The van der Waals surface area contributed by atoms with Gasteiger partial charge in [0, 0.05) is 23.9 Å². The predicted molar refractivity (Wildman–Crippen MR) is 112 cm³/mol. The van der Waals surface area contributed by atoms with Crippen molar-refractivity contribution < 1.29 is 19.1 Å². The zero-order valence-electron chi connectivity index (χ0n) is 17.1. The Morgan fingerprint density at radius 2 is 2.00 bits per heavy atom. The molecule has 8 heteroatoms. The fourth-order valence-electron chi connectivity index (χ4n) is 3.84. The summed E-state index contributed by atoms with van der Waals surface area (Å²) in [6.45, 7) is 3.54. The van der Waals surface area contributed by atoms with E-state index in [4.69, 9.17) is 0 Å². The van der Waals surface area contributed by atoms with Crippen molar-refractivity contribution >= 4 is 17.7 Å². The van der Waals surface area contributed by atoms with Crippen LogP contribution >= 0.6 is 0 Å². The van der Waals surface area contributed by atoms with Gasteiger partial charge in [-0.2, -0.15) is 0 Å². The van der Waals surface area contributed by atoms with Gasteiger partial charge in [0.25, 0.3) is 5.91 Å². The summed E-state index contributed by atoms with van der Waals surface area (Å²) in [6.07, 6.45) is 0.558. The molecule has 7 nitrogen and oxygen atoms in total. The highest BCUT2D eigenvalue weighted by atomic mass is 19.1. The van der Waals surface area contributed by atoms with Crippen LogP contribution in [0.15, 0.2) is 54.7 Å². The maximum Gasteiger partial charge on any atom is 0.412 e. The van der Waals surface area contributed by atoms with Crippen molar-refractivity contribution in [2.24, 2.45) is 0 Å². The molecule has 0 spiro atoms. The Balaban J connectivity index is 1.73. The molecule has 0 unspecified atom stereocenters. The van der Waals surface area contributed by atoms with Crippen LogP contribution in [0.5, 0.6) is 0 Å². The molecule has 1 aliphatic rings. The van der Waals surface area contributed by atoms with E-state index in [0.29, 0.717) is 22.8 Å². The van der Waals surface area contributed by atoms with Crippen LogP contribution in [0, 0.1) is 12.7 Å². The summed E-state index contributed by atoms with van der Waals surface area (Å²) in [6, 6.07) is 13.3. The third-order valence-electron chi connectivity index (χ3n) is 5.41. The minimum Gasteiger partial charge on any atom is -0.465 e. The van der Waals surface area contributed by atoms with E-state index in [1.165, 1.54) is 24.4 Å². The van der Waals surface area contributed by atoms with Crippen LogP contribution in [-0.2, 0) is 18.5 Å². The third kappa shape index (κ3) is 3.96. The quantitative estimate of drug-likeness (QED) is 0.669. The number of benzene rings is 2. The molecular weight excluding hydrogens is 399 g/mol. The van der Waals surface area contributed by atoms with Crippen molar-refractivity contribution in [3.05, 3.63) is 88.8 Å². The molecule has 4 rings (SSSR count). The number of hydrogen-bond acceptors (Lipinski definition) is 4. The average molecular weight is 420 g/mol. The van der Waals surface area contributed by atoms with Crippen LogP contribution in [0.1, 0.15) is 39.9 Å². The van der Waals surface area contributed by atoms with E-state index in [1.54, 1.807) is 13.8 Å². The predicted octanol–water partition coefficient (Wildman–Crippen LogP) is 3.81. The maximum absolute atomic E-state index is 14.9. The molecule has 2 N–H and O–H groups in total. The highest BCUT2D eigenvalue weighted by Gasteiger charge is 2.39. The number of anilines is 1. The SMILES string of the molecule is Cc1ncc2c(n1)C[C@@](C)(c1cc(N(Cc3ccccc3)C(=O)O)ccc1F)NC2=O. The van der Waals surface area contributed by atoms with Gasteiger partial charge in [-0.15, -0.1) is 0 Å². The van der Waals surface area contributed by atoms with Crippen LogP contribution in [0.25, 0.3) is 0 Å². The summed E-state index contributed by atoms with van der Waals surface area (Å²) in [5.74, 6) is -0.413. The van der Waals surface area contributed by atoms with Crippen LogP contribution in [-0.4, -0.2) is 27.1 Å². The van der Waals surface area contributed by atoms with E-state index >= 15 is 0 Å². The highest BCUT2D eigenvalue weighted by molar-refractivity contribution is 5.97. The first-order valence-corrected chi connectivity index (χ1v) is 9.76. The number of rotatable bonds is 4. The molecule has 0 saturated heterocycles. The second-order valence-corrected chi connectivity index (χ2v) is 7.76. The summed E-state index contributed by atoms with van der Waals surface area (Å²) in [5, 5.41) is 12.6. The number of aryl methyl sites for hydroxylation is 1. The number of carbonyl (C=O) groups excluding carboxylic acids is 1. The largest absolute Gasteiger partial charge is 0.465 e. The van der Waals surface area contributed by atoms with E-state index in [9.17, 15) is 19.1 Å². The lowest BCUT2D eigenvalue weighted by molar-refractivity contribution is 0.0881. The number of halogens is 1. The van der Waals surface area contributed by atoms with Gasteiger partial charge >= 0.3 is 6.09 Å². The van der Waals surface area contributed by atoms with Crippen molar-refractivity contribution in [3.63, 3.8) is 0 Å². The van der Waals surface area contributed by atoms with Crippen molar-refractivity contribution in [1.82, 2.24) is 15.3 Å². The number of fused-ring (bicyclic) bond motifs is 1. The van der Waals surface area contributed by atoms with Gasteiger partial charge in [-0.1, -0.05) is 30.3 Å². The first-order chi connectivity index (χ1) is 14.8. The summed E-state index contributed by atoms with van der Waals surface area (Å²) < 4.78 is 14.9. The number of carboxylic acid groups (broad SMARTS) is 1. The normalized spacial score (nSPS) is 17.6. The summed E-state index contributed by atoms with van der Waals surface area (Å²) in [5.41, 5.74) is 1.10. The van der Waals surface area contributed by atoms with Crippen LogP contribution in [0.4, 0.5) is 14.9 Å². The highest BCUT2D eigenvalue weighted by Crippen LogP contribution is 2.34. The van der Waals surface area contributed by atoms with Gasteiger partial charge in [-0.25, -0.2) is 19.2 Å². The van der Waals surface area contributed by atoms with Crippen molar-refractivity contribution in [2.45, 2.75) is 32.4 Å². The smallest absolute Gasteiger partial charge is 0.412 e. The first kappa shape index (κ1) is 20.5. The Morgan fingerprint density at radius 3 is 2.71 bits per heavy atom. The Hall–Kier alpha value is -3.81. The van der Waals surface area contributed by atoms with Crippen LogP contribution < -0.4 is 10.2 Å². The fourth-order valence-corrected chi connectivity index (χ4v) is 3.84. The Labute approximate surface area is 178 Å². The second-order valence-electron chi connectivity index (χ2n) is 7.76. The molecule has 1 aliphatic heterocycles. The van der Waals surface area contributed by atoms with Crippen LogP contribution in [0.3, 0.4) is 0 Å². The Morgan fingerprint density at radius 1 is 1.26 bits per heavy atom. The minimum absolute atomic E-state index is 0.111. The van der Waals surface area contributed by atoms with E-state index < -0.39 is 23.4 Å². The lowest BCUT2D eigenvalue weighted by atomic mass is 9.82. The summed E-state index contributed by atoms with van der Waals surface area (Å²) in [4.78, 5) is 34.2. The van der Waals surface area contributed by atoms with Crippen molar-refractivity contribution in [2.75, 3.05) is 4.90 Å². The zero-order valence-corrected chi connectivity index (χ0v) is 17.1. The molecule has 0 saturated carbocycles. The third-order valence-corrected chi connectivity index (χ3v) is 5.41. The van der Waals surface area contributed by atoms with Gasteiger partial charge < -0.3 is 10.4 Å². The maximum atomic E-state index is 14.9. The van der Waals surface area contributed by atoms with E-state index in [2.05, 4.69) is 15.3 Å². The van der Waals surface area contributed by atoms with E-state index in [-0.39, 0.29) is 18.5 Å². The number of amides is 2. The molecule has 0 bridgehead atoms. The zero-order chi connectivity index (χ0) is 22.2. The lowest BCUT2D eigenvalue weighted by Gasteiger charge is -2.36. The van der Waals surface area contributed by atoms with Gasteiger partial charge in [0.2, 0.25) is 0 Å². The molecule has 2 heterocycles. The minimum atomic E-state index is -1.16. The number of aromatic nitrogens is 2. The van der Waals surface area contributed by atoms with Gasteiger partial charge in [0.05, 0.1) is 23.3 Å². The monoisotopic (exact) mass is 420 g/mol. The molecule has 1 aromatic heterocycles. The Kier molecular flexibility index (Phi) is 5.14. The molecule has 158 valence electrons. The van der Waals surface area contributed by atoms with Gasteiger partial charge in [-0.3, -0.25) is 9.69 Å². The molecule has 3 aromatic rings.